The number of aromatic nitrogens is 1. The van der Waals surface area contributed by atoms with Gasteiger partial charge in [0.15, 0.2) is 5.78 Å². The van der Waals surface area contributed by atoms with Crippen LogP contribution < -0.4 is 0 Å². The van der Waals surface area contributed by atoms with Crippen LogP contribution in [-0.2, 0) is 13.6 Å². The Labute approximate surface area is 116 Å². The van der Waals surface area contributed by atoms with Crippen molar-refractivity contribution in [2.75, 3.05) is 6.54 Å². The molecule has 0 spiro atoms. The minimum Gasteiger partial charge on any atom is -0.353 e. The number of ketones is 1. The van der Waals surface area contributed by atoms with Gasteiger partial charge in [0.1, 0.15) is 0 Å². The number of carbonyl (C=O) groups is 1. The first-order valence-electron chi connectivity index (χ1n) is 7.52. The molecule has 19 heavy (non-hydrogen) atoms. The van der Waals surface area contributed by atoms with Gasteiger partial charge in [0.05, 0.1) is 0 Å². The van der Waals surface area contributed by atoms with E-state index in [2.05, 4.69) is 22.5 Å². The summed E-state index contributed by atoms with van der Waals surface area (Å²) in [5.41, 5.74) is 2.09. The van der Waals surface area contributed by atoms with Crippen LogP contribution in [0.2, 0.25) is 0 Å². The van der Waals surface area contributed by atoms with Crippen LogP contribution in [0.5, 0.6) is 0 Å². The molecule has 0 aromatic carbocycles. The molecule has 1 aliphatic rings. The number of likely N-dealkylation sites (tertiary alicyclic amines) is 1. The Hall–Kier alpha value is -1.09. The normalized spacial score (nSPS) is 20.1. The summed E-state index contributed by atoms with van der Waals surface area (Å²) >= 11 is 0. The summed E-state index contributed by atoms with van der Waals surface area (Å²) in [6.45, 7) is 6.09. The van der Waals surface area contributed by atoms with Crippen molar-refractivity contribution in [1.29, 1.82) is 0 Å². The second kappa shape index (κ2) is 6.38. The highest BCUT2D eigenvalue weighted by Crippen LogP contribution is 2.24. The summed E-state index contributed by atoms with van der Waals surface area (Å²) in [5, 5.41) is 0. The highest BCUT2D eigenvalue weighted by atomic mass is 16.1. The molecule has 0 bridgehead atoms. The van der Waals surface area contributed by atoms with Crippen molar-refractivity contribution in [3.05, 3.63) is 23.5 Å². The largest absolute Gasteiger partial charge is 0.353 e. The predicted molar refractivity (Wildman–Crippen MR) is 78.4 cm³/mol. The molecule has 2 rings (SSSR count). The van der Waals surface area contributed by atoms with Gasteiger partial charge in [-0.25, -0.2) is 0 Å². The monoisotopic (exact) mass is 262 g/mol. The number of rotatable bonds is 6. The third-order valence-electron chi connectivity index (χ3n) is 4.27. The molecular formula is C16H26N2O. The number of aryl methyl sites for hydroxylation is 1. The first-order chi connectivity index (χ1) is 9.11. The zero-order chi connectivity index (χ0) is 13.8. The molecule has 1 aromatic rings. The first kappa shape index (κ1) is 14.3. The van der Waals surface area contributed by atoms with Crippen LogP contribution in [0, 0.1) is 0 Å². The van der Waals surface area contributed by atoms with Crippen LogP contribution in [0.15, 0.2) is 12.3 Å². The lowest BCUT2D eigenvalue weighted by Gasteiger charge is -2.24. The molecule has 0 amide bonds. The zero-order valence-electron chi connectivity index (χ0n) is 12.5. The van der Waals surface area contributed by atoms with Crippen LogP contribution in [-0.4, -0.2) is 27.8 Å². The average Bonchev–Trinajstić information content (AvgIpc) is 2.95. The summed E-state index contributed by atoms with van der Waals surface area (Å²) in [6, 6.07) is 2.80. The number of carbonyl (C=O) groups excluding carboxylic acids is 1. The van der Waals surface area contributed by atoms with Crippen molar-refractivity contribution in [3.8, 4) is 0 Å². The summed E-state index contributed by atoms with van der Waals surface area (Å²) in [6.07, 6.45) is 8.54. The van der Waals surface area contributed by atoms with E-state index in [1.807, 2.05) is 13.2 Å². The molecule has 106 valence electrons. The van der Waals surface area contributed by atoms with E-state index in [1.54, 1.807) is 6.92 Å². The van der Waals surface area contributed by atoms with Crippen LogP contribution >= 0.6 is 0 Å². The minimum absolute atomic E-state index is 0.158. The number of hydrogen-bond acceptors (Lipinski definition) is 2. The Kier molecular flexibility index (Phi) is 4.81. The van der Waals surface area contributed by atoms with Crippen molar-refractivity contribution in [2.24, 2.45) is 7.05 Å². The fourth-order valence-electron chi connectivity index (χ4n) is 3.04. The van der Waals surface area contributed by atoms with Gasteiger partial charge in [0.25, 0.3) is 0 Å². The van der Waals surface area contributed by atoms with Crippen molar-refractivity contribution in [3.63, 3.8) is 0 Å². The van der Waals surface area contributed by atoms with Gasteiger partial charge >= 0.3 is 0 Å². The molecule has 0 saturated carbocycles. The van der Waals surface area contributed by atoms with E-state index in [1.165, 1.54) is 44.3 Å². The topological polar surface area (TPSA) is 25.2 Å². The summed E-state index contributed by atoms with van der Waals surface area (Å²) in [4.78, 5) is 14.0. The maximum atomic E-state index is 11.4. The van der Waals surface area contributed by atoms with Gasteiger partial charge < -0.3 is 4.57 Å². The molecule has 1 fully saturated rings. The highest BCUT2D eigenvalue weighted by Gasteiger charge is 2.24. The third-order valence-corrected chi connectivity index (χ3v) is 4.27. The fraction of sp³-hybridized carbons (Fsp3) is 0.688. The first-order valence-corrected chi connectivity index (χ1v) is 7.52. The Morgan fingerprint density at radius 3 is 2.89 bits per heavy atom. The van der Waals surface area contributed by atoms with E-state index >= 15 is 0 Å². The van der Waals surface area contributed by atoms with Crippen molar-refractivity contribution in [2.45, 2.75) is 58.5 Å². The second-order valence-electron chi connectivity index (χ2n) is 5.80. The molecule has 1 aliphatic heterocycles. The smallest absolute Gasteiger partial charge is 0.161 e. The summed E-state index contributed by atoms with van der Waals surface area (Å²) < 4.78 is 2.10. The number of nitrogens with zero attached hydrogens (tertiary/aromatic N) is 2. The van der Waals surface area contributed by atoms with E-state index in [9.17, 15) is 4.79 Å². The van der Waals surface area contributed by atoms with Gasteiger partial charge in [-0.15, -0.1) is 0 Å². The maximum Gasteiger partial charge on any atom is 0.161 e. The lowest BCUT2D eigenvalue weighted by Crippen LogP contribution is -2.29. The molecule has 3 heteroatoms. The Morgan fingerprint density at radius 2 is 2.26 bits per heavy atom. The molecule has 1 saturated heterocycles. The third kappa shape index (κ3) is 3.47. The molecule has 2 heterocycles. The predicted octanol–water partition coefficient (Wildman–Crippen LogP) is 3.38. The SMILES string of the molecule is CCCC[C@H]1CCCN1Cc1cc(C(C)=O)cn1C. The molecule has 1 aromatic heterocycles. The lowest BCUT2D eigenvalue weighted by molar-refractivity contribution is 0.101. The van der Waals surface area contributed by atoms with Gasteiger partial charge in [-0.3, -0.25) is 9.69 Å². The minimum atomic E-state index is 0.158. The van der Waals surface area contributed by atoms with Crippen LogP contribution in [0.4, 0.5) is 0 Å². The maximum absolute atomic E-state index is 11.4. The summed E-state index contributed by atoms with van der Waals surface area (Å²) in [5.74, 6) is 0.158. The Bertz CT molecular complexity index is 436. The lowest BCUT2D eigenvalue weighted by atomic mass is 10.1. The number of Topliss-reactive ketones (excluding diaryl/α,β-unsaturated/α-hetero) is 1. The number of hydrogen-bond donors (Lipinski definition) is 0. The molecule has 3 nitrogen and oxygen atoms in total. The van der Waals surface area contributed by atoms with Crippen molar-refractivity contribution < 1.29 is 4.79 Å². The Balaban J connectivity index is 2.01. The Morgan fingerprint density at radius 1 is 1.47 bits per heavy atom. The molecular weight excluding hydrogens is 236 g/mol. The van der Waals surface area contributed by atoms with Crippen LogP contribution in [0.1, 0.15) is 62.0 Å². The highest BCUT2D eigenvalue weighted by molar-refractivity contribution is 5.94. The quantitative estimate of drug-likeness (QED) is 0.734. The number of unbranched alkanes of at least 4 members (excludes halogenated alkanes) is 1. The fourth-order valence-corrected chi connectivity index (χ4v) is 3.04. The van der Waals surface area contributed by atoms with Gasteiger partial charge in [0.2, 0.25) is 0 Å². The molecule has 0 aliphatic carbocycles. The van der Waals surface area contributed by atoms with Gasteiger partial charge in [-0.05, 0) is 38.8 Å². The van der Waals surface area contributed by atoms with Gasteiger partial charge in [0, 0.05) is 37.1 Å². The van der Waals surface area contributed by atoms with Gasteiger partial charge in [-0.1, -0.05) is 19.8 Å². The molecule has 1 atom stereocenters. The van der Waals surface area contributed by atoms with Crippen LogP contribution in [0.25, 0.3) is 0 Å². The van der Waals surface area contributed by atoms with E-state index in [0.717, 1.165) is 18.2 Å². The molecule has 0 N–H and O–H groups in total. The van der Waals surface area contributed by atoms with Crippen LogP contribution in [0.3, 0.4) is 0 Å². The molecule has 0 unspecified atom stereocenters. The van der Waals surface area contributed by atoms with Crippen molar-refractivity contribution in [1.82, 2.24) is 9.47 Å². The van der Waals surface area contributed by atoms with Gasteiger partial charge in [-0.2, -0.15) is 0 Å². The van der Waals surface area contributed by atoms with E-state index in [0.29, 0.717) is 0 Å². The van der Waals surface area contributed by atoms with Crippen molar-refractivity contribution >= 4 is 5.78 Å². The summed E-state index contributed by atoms with van der Waals surface area (Å²) in [7, 11) is 2.04. The van der Waals surface area contributed by atoms with E-state index in [-0.39, 0.29) is 5.78 Å². The zero-order valence-corrected chi connectivity index (χ0v) is 12.5. The standard InChI is InChI=1S/C16H26N2O/c1-4-5-7-15-8-6-9-18(15)12-16-10-14(13(2)19)11-17(16)3/h10-11,15H,4-9,12H2,1-3H3/t15-/m0/s1. The molecule has 0 radical (unpaired) electrons. The second-order valence-corrected chi connectivity index (χ2v) is 5.80. The van der Waals surface area contributed by atoms with E-state index in [4.69, 9.17) is 0 Å². The average molecular weight is 262 g/mol. The van der Waals surface area contributed by atoms with E-state index < -0.39 is 0 Å².